The third-order valence-electron chi connectivity index (χ3n) is 5.33. The lowest BCUT2D eigenvalue weighted by Gasteiger charge is -2.44. The first-order valence-electron chi connectivity index (χ1n) is 9.44. The highest BCUT2D eigenvalue weighted by Crippen LogP contribution is 2.31. The first-order valence-corrected chi connectivity index (χ1v) is 9.44. The van der Waals surface area contributed by atoms with Gasteiger partial charge in [0.15, 0.2) is 5.78 Å². The lowest BCUT2D eigenvalue weighted by Crippen LogP contribution is -2.53. The van der Waals surface area contributed by atoms with Crippen LogP contribution < -0.4 is 10.5 Å². The predicted octanol–water partition coefficient (Wildman–Crippen LogP) is 3.32. The van der Waals surface area contributed by atoms with Gasteiger partial charge in [0.1, 0.15) is 5.82 Å². The Morgan fingerprint density at radius 1 is 1.17 bits per heavy atom. The Labute approximate surface area is 167 Å². The van der Waals surface area contributed by atoms with E-state index in [-0.39, 0.29) is 23.4 Å². The highest BCUT2D eigenvalue weighted by molar-refractivity contribution is 5.99. The first kappa shape index (κ1) is 19.0. The average Bonchev–Trinajstić information content (AvgIpc) is 2.70. The molecule has 2 aromatic heterocycles. The fourth-order valence-electron chi connectivity index (χ4n) is 3.55. The van der Waals surface area contributed by atoms with Gasteiger partial charge in [0.25, 0.3) is 5.56 Å². The number of Topliss-reactive ketones (excluding diaryl/α,β-unsaturated/α-hetero) is 1. The summed E-state index contributed by atoms with van der Waals surface area (Å²) in [6.07, 6.45) is 3.97. The number of rotatable bonds is 4. The van der Waals surface area contributed by atoms with Crippen molar-refractivity contribution in [2.24, 2.45) is 0 Å². The molecule has 29 heavy (non-hydrogen) atoms. The second kappa shape index (κ2) is 7.24. The van der Waals surface area contributed by atoms with E-state index in [4.69, 9.17) is 4.98 Å². The van der Waals surface area contributed by atoms with Crippen LogP contribution in [0.3, 0.4) is 0 Å². The monoisotopic (exact) mass is 392 g/mol. The molecule has 6 nitrogen and oxygen atoms in total. The Morgan fingerprint density at radius 3 is 2.66 bits per heavy atom. The van der Waals surface area contributed by atoms with Gasteiger partial charge in [-0.3, -0.25) is 19.1 Å². The molecule has 0 amide bonds. The van der Waals surface area contributed by atoms with E-state index in [1.165, 1.54) is 24.3 Å². The number of hydrogen-bond acceptors (Lipinski definition) is 5. The van der Waals surface area contributed by atoms with Crippen LogP contribution in [-0.4, -0.2) is 32.4 Å². The normalized spacial score (nSPS) is 15.1. The van der Waals surface area contributed by atoms with E-state index < -0.39 is 5.82 Å². The van der Waals surface area contributed by atoms with Crippen molar-refractivity contribution in [3.8, 4) is 11.3 Å². The summed E-state index contributed by atoms with van der Waals surface area (Å²) >= 11 is 0. The van der Waals surface area contributed by atoms with Crippen LogP contribution in [-0.2, 0) is 6.54 Å². The van der Waals surface area contributed by atoms with E-state index in [1.807, 2.05) is 18.7 Å². The van der Waals surface area contributed by atoms with E-state index >= 15 is 0 Å². The van der Waals surface area contributed by atoms with Crippen molar-refractivity contribution in [2.75, 3.05) is 11.4 Å². The lowest BCUT2D eigenvalue weighted by molar-refractivity contribution is 0.0988. The van der Waals surface area contributed by atoms with Gasteiger partial charge in [0.05, 0.1) is 12.2 Å². The summed E-state index contributed by atoms with van der Waals surface area (Å²) in [6, 6.07) is 10.7. The van der Waals surface area contributed by atoms with E-state index in [0.717, 1.165) is 5.56 Å². The molecule has 3 aromatic rings. The number of fused-ring (bicyclic) bond motifs is 1. The molecule has 7 heteroatoms. The van der Waals surface area contributed by atoms with Crippen LogP contribution in [0.1, 0.15) is 30.6 Å². The van der Waals surface area contributed by atoms with Gasteiger partial charge in [-0.05, 0) is 44.5 Å². The molecule has 0 N–H and O–H groups in total. The minimum absolute atomic E-state index is 0.00267. The molecule has 0 atom stereocenters. The number of benzene rings is 1. The molecule has 1 aliphatic heterocycles. The Bertz CT molecular complexity index is 1130. The quantitative estimate of drug-likeness (QED) is 0.637. The van der Waals surface area contributed by atoms with Gasteiger partial charge in [0, 0.05) is 41.7 Å². The molecule has 0 spiro atoms. The smallest absolute Gasteiger partial charge is 0.255 e. The van der Waals surface area contributed by atoms with Crippen molar-refractivity contribution in [1.29, 1.82) is 0 Å². The van der Waals surface area contributed by atoms with Crippen molar-refractivity contribution in [2.45, 2.75) is 32.4 Å². The summed E-state index contributed by atoms with van der Waals surface area (Å²) < 4.78 is 15.2. The standard InChI is InChI=1S/C22H21FN4O2/c1-22(2)8-11-26-20(29)13-18(15-6-9-24-10-7-15)25-21(26)27(22)14-19(28)16-4-3-5-17(23)12-16/h3-7,9-10,12-13H,8,11,14H2,1-2H3. The highest BCUT2D eigenvalue weighted by atomic mass is 19.1. The fourth-order valence-corrected chi connectivity index (χ4v) is 3.55. The molecule has 3 heterocycles. The summed E-state index contributed by atoms with van der Waals surface area (Å²) in [5.74, 6) is -0.233. The summed E-state index contributed by atoms with van der Waals surface area (Å²) in [7, 11) is 0. The van der Waals surface area contributed by atoms with Crippen molar-refractivity contribution in [1.82, 2.24) is 14.5 Å². The summed E-state index contributed by atoms with van der Waals surface area (Å²) in [6.45, 7) is 4.55. The maximum absolute atomic E-state index is 13.6. The zero-order valence-corrected chi connectivity index (χ0v) is 16.3. The van der Waals surface area contributed by atoms with E-state index in [0.29, 0.717) is 30.2 Å². The van der Waals surface area contributed by atoms with E-state index in [2.05, 4.69) is 4.98 Å². The predicted molar refractivity (Wildman–Crippen MR) is 109 cm³/mol. The number of nitrogens with zero attached hydrogens (tertiary/aromatic N) is 4. The molecule has 148 valence electrons. The molecule has 0 bridgehead atoms. The summed E-state index contributed by atoms with van der Waals surface area (Å²) in [5, 5.41) is 0. The Hall–Kier alpha value is -3.35. The number of carbonyl (C=O) groups is 1. The number of aromatic nitrogens is 3. The van der Waals surface area contributed by atoms with Gasteiger partial charge < -0.3 is 4.90 Å². The molecule has 1 aromatic carbocycles. The van der Waals surface area contributed by atoms with Gasteiger partial charge >= 0.3 is 0 Å². The molecule has 0 fully saturated rings. The number of hydrogen-bond donors (Lipinski definition) is 0. The zero-order chi connectivity index (χ0) is 20.6. The van der Waals surface area contributed by atoms with Crippen LogP contribution in [0, 0.1) is 5.82 Å². The number of ketones is 1. The maximum Gasteiger partial charge on any atom is 0.255 e. The SMILES string of the molecule is CC1(C)CCn2c(nc(-c3ccncc3)cc2=O)N1CC(=O)c1cccc(F)c1. The van der Waals surface area contributed by atoms with E-state index in [1.54, 1.807) is 35.2 Å². The minimum Gasteiger partial charge on any atom is -0.329 e. The lowest BCUT2D eigenvalue weighted by atomic mass is 9.95. The molecular weight excluding hydrogens is 371 g/mol. The second-order valence-corrected chi connectivity index (χ2v) is 7.75. The van der Waals surface area contributed by atoms with Crippen molar-refractivity contribution in [3.05, 3.63) is 76.6 Å². The molecule has 1 aliphatic rings. The number of pyridine rings is 1. The first-order chi connectivity index (χ1) is 13.8. The Balaban J connectivity index is 1.77. The van der Waals surface area contributed by atoms with Crippen molar-refractivity contribution < 1.29 is 9.18 Å². The topological polar surface area (TPSA) is 68.1 Å². The maximum atomic E-state index is 13.6. The van der Waals surface area contributed by atoms with E-state index in [9.17, 15) is 14.0 Å². The van der Waals surface area contributed by atoms with Crippen LogP contribution in [0.4, 0.5) is 10.3 Å². The number of anilines is 1. The molecule has 0 aliphatic carbocycles. The molecular formula is C22H21FN4O2. The van der Waals surface area contributed by atoms with Crippen LogP contribution in [0.25, 0.3) is 11.3 Å². The minimum atomic E-state index is -0.455. The van der Waals surface area contributed by atoms with Crippen LogP contribution in [0.15, 0.2) is 59.7 Å². The molecule has 0 saturated carbocycles. The van der Waals surface area contributed by atoms with Gasteiger partial charge in [-0.15, -0.1) is 0 Å². The third-order valence-corrected chi connectivity index (χ3v) is 5.33. The fraction of sp³-hybridized carbons (Fsp3) is 0.273. The Morgan fingerprint density at radius 2 is 1.93 bits per heavy atom. The second-order valence-electron chi connectivity index (χ2n) is 7.75. The van der Waals surface area contributed by atoms with Gasteiger partial charge in [-0.25, -0.2) is 9.37 Å². The Kier molecular flexibility index (Phi) is 4.74. The summed E-state index contributed by atoms with van der Waals surface area (Å²) in [4.78, 5) is 36.2. The molecule has 4 rings (SSSR count). The summed E-state index contributed by atoms with van der Waals surface area (Å²) in [5.41, 5.74) is 1.05. The van der Waals surface area contributed by atoms with Crippen molar-refractivity contribution in [3.63, 3.8) is 0 Å². The van der Waals surface area contributed by atoms with Gasteiger partial charge in [-0.1, -0.05) is 12.1 Å². The van der Waals surface area contributed by atoms with Crippen LogP contribution in [0.5, 0.6) is 0 Å². The van der Waals surface area contributed by atoms with Gasteiger partial charge in [0.2, 0.25) is 5.95 Å². The largest absolute Gasteiger partial charge is 0.329 e. The van der Waals surface area contributed by atoms with Crippen LogP contribution in [0.2, 0.25) is 0 Å². The number of carbonyl (C=O) groups excluding carboxylic acids is 1. The zero-order valence-electron chi connectivity index (χ0n) is 16.3. The van der Waals surface area contributed by atoms with Gasteiger partial charge in [-0.2, -0.15) is 0 Å². The number of halogens is 1. The highest BCUT2D eigenvalue weighted by Gasteiger charge is 2.36. The average molecular weight is 392 g/mol. The molecule has 0 saturated heterocycles. The van der Waals surface area contributed by atoms with Crippen molar-refractivity contribution >= 4 is 11.7 Å². The molecule has 0 radical (unpaired) electrons. The molecule has 0 unspecified atom stereocenters. The third kappa shape index (κ3) is 3.68. The van der Waals surface area contributed by atoms with Crippen LogP contribution >= 0.6 is 0 Å².